The highest BCUT2D eigenvalue weighted by atomic mass is 35.5. The molecule has 7 nitrogen and oxygen atoms in total. The summed E-state index contributed by atoms with van der Waals surface area (Å²) in [7, 11) is -3.77. The number of fused-ring (bicyclic) bond motifs is 1. The summed E-state index contributed by atoms with van der Waals surface area (Å²) in [6.45, 7) is 5.36. The molecular formula is C16H20ClN3O4S. The maximum Gasteiger partial charge on any atom is 0.407 e. The Bertz CT molecular complexity index is 879. The topological polar surface area (TPSA) is 97.4 Å². The lowest BCUT2D eigenvalue weighted by molar-refractivity contribution is 0.0529. The van der Waals surface area contributed by atoms with E-state index in [1.165, 1.54) is 12.3 Å². The number of alkyl carbamates (subject to hydrolysis) is 1. The van der Waals surface area contributed by atoms with Gasteiger partial charge in [0.05, 0.1) is 4.90 Å². The van der Waals surface area contributed by atoms with E-state index in [0.29, 0.717) is 10.8 Å². The fourth-order valence-corrected chi connectivity index (χ4v) is 3.59. The van der Waals surface area contributed by atoms with Crippen molar-refractivity contribution in [2.75, 3.05) is 13.1 Å². The van der Waals surface area contributed by atoms with Crippen molar-refractivity contribution in [1.29, 1.82) is 0 Å². The highest BCUT2D eigenvalue weighted by Gasteiger charge is 2.19. The van der Waals surface area contributed by atoms with Crippen molar-refractivity contribution in [3.8, 4) is 0 Å². The molecule has 1 aromatic heterocycles. The Kier molecular flexibility index (Phi) is 5.87. The van der Waals surface area contributed by atoms with Crippen molar-refractivity contribution < 1.29 is 17.9 Å². The molecule has 25 heavy (non-hydrogen) atoms. The smallest absolute Gasteiger partial charge is 0.407 e. The van der Waals surface area contributed by atoms with Crippen molar-refractivity contribution in [1.82, 2.24) is 15.0 Å². The second kappa shape index (κ2) is 7.55. The molecule has 2 aromatic rings. The number of benzene rings is 1. The number of amides is 1. The molecule has 9 heteroatoms. The van der Waals surface area contributed by atoms with Crippen LogP contribution in [0.15, 0.2) is 35.4 Å². The summed E-state index contributed by atoms with van der Waals surface area (Å²) in [6, 6.07) is 6.38. The molecule has 0 spiro atoms. The molecule has 136 valence electrons. The van der Waals surface area contributed by atoms with E-state index in [-0.39, 0.29) is 23.1 Å². The summed E-state index contributed by atoms with van der Waals surface area (Å²) in [4.78, 5) is 15.6. The van der Waals surface area contributed by atoms with E-state index in [0.717, 1.165) is 0 Å². The first-order chi connectivity index (χ1) is 11.6. The Morgan fingerprint density at radius 2 is 1.92 bits per heavy atom. The number of hydrogen-bond acceptors (Lipinski definition) is 5. The van der Waals surface area contributed by atoms with Crippen LogP contribution < -0.4 is 10.0 Å². The molecule has 0 unspecified atom stereocenters. The average Bonchev–Trinajstić information content (AvgIpc) is 2.50. The summed E-state index contributed by atoms with van der Waals surface area (Å²) < 4.78 is 32.5. The van der Waals surface area contributed by atoms with Crippen LogP contribution in [-0.2, 0) is 14.8 Å². The Balaban J connectivity index is 2.04. The summed E-state index contributed by atoms with van der Waals surface area (Å²) in [5.41, 5.74) is -0.611. The first-order valence-corrected chi connectivity index (χ1v) is 9.46. The van der Waals surface area contributed by atoms with Crippen molar-refractivity contribution in [3.63, 3.8) is 0 Å². The Morgan fingerprint density at radius 1 is 1.20 bits per heavy atom. The van der Waals surface area contributed by atoms with E-state index < -0.39 is 21.7 Å². The van der Waals surface area contributed by atoms with Gasteiger partial charge in [-0.05, 0) is 32.9 Å². The van der Waals surface area contributed by atoms with Crippen LogP contribution in [0.5, 0.6) is 0 Å². The van der Waals surface area contributed by atoms with Crippen LogP contribution in [0.3, 0.4) is 0 Å². The van der Waals surface area contributed by atoms with Crippen LogP contribution in [0, 0.1) is 0 Å². The number of halogens is 1. The third-order valence-corrected chi connectivity index (χ3v) is 4.91. The zero-order valence-electron chi connectivity index (χ0n) is 14.2. The Hall–Kier alpha value is -1.90. The van der Waals surface area contributed by atoms with E-state index in [2.05, 4.69) is 15.0 Å². The minimum Gasteiger partial charge on any atom is -0.444 e. The SMILES string of the molecule is CC(C)(C)OC(=O)NCCNS(=O)(=O)c1cccc2c(Cl)nccc12. The zero-order chi connectivity index (χ0) is 18.7. The number of aromatic nitrogens is 1. The molecule has 1 heterocycles. The molecule has 1 aromatic carbocycles. The number of hydrogen-bond donors (Lipinski definition) is 2. The molecule has 0 aliphatic carbocycles. The molecule has 0 bridgehead atoms. The van der Waals surface area contributed by atoms with Crippen LogP contribution in [0.4, 0.5) is 4.79 Å². The van der Waals surface area contributed by atoms with Crippen LogP contribution in [0.25, 0.3) is 10.8 Å². The maximum atomic E-state index is 12.5. The Labute approximate surface area is 151 Å². The van der Waals surface area contributed by atoms with Gasteiger partial charge in [0.1, 0.15) is 10.8 Å². The predicted molar refractivity (Wildman–Crippen MR) is 96.2 cm³/mol. The van der Waals surface area contributed by atoms with Gasteiger partial charge in [-0.3, -0.25) is 0 Å². The third kappa shape index (κ3) is 5.29. The average molecular weight is 386 g/mol. The number of sulfonamides is 1. The first kappa shape index (κ1) is 19.4. The molecule has 1 amide bonds. The lowest BCUT2D eigenvalue weighted by Crippen LogP contribution is -2.37. The van der Waals surface area contributed by atoms with Gasteiger partial charge in [0.2, 0.25) is 10.0 Å². The van der Waals surface area contributed by atoms with Gasteiger partial charge in [-0.15, -0.1) is 0 Å². The minimum absolute atomic E-state index is 0.0246. The highest BCUT2D eigenvalue weighted by molar-refractivity contribution is 7.89. The molecular weight excluding hydrogens is 366 g/mol. The number of ether oxygens (including phenoxy) is 1. The van der Waals surface area contributed by atoms with E-state index >= 15 is 0 Å². The number of nitrogens with zero attached hydrogens (tertiary/aromatic N) is 1. The van der Waals surface area contributed by atoms with Crippen molar-refractivity contribution in [3.05, 3.63) is 35.6 Å². The van der Waals surface area contributed by atoms with Gasteiger partial charge in [-0.2, -0.15) is 0 Å². The lowest BCUT2D eigenvalue weighted by atomic mass is 10.2. The molecule has 0 fully saturated rings. The second-order valence-corrected chi connectivity index (χ2v) is 8.37. The fourth-order valence-electron chi connectivity index (χ4n) is 2.12. The summed E-state index contributed by atoms with van der Waals surface area (Å²) in [5.74, 6) is 0. The largest absolute Gasteiger partial charge is 0.444 e. The van der Waals surface area contributed by atoms with Gasteiger partial charge in [-0.25, -0.2) is 22.9 Å². The number of carbonyl (C=O) groups is 1. The fraction of sp³-hybridized carbons (Fsp3) is 0.375. The van der Waals surface area contributed by atoms with E-state index in [1.807, 2.05) is 0 Å². The molecule has 0 aliphatic heterocycles. The third-order valence-electron chi connectivity index (χ3n) is 3.09. The number of pyridine rings is 1. The molecule has 2 rings (SSSR count). The summed E-state index contributed by atoms with van der Waals surface area (Å²) in [6.07, 6.45) is 0.850. The van der Waals surface area contributed by atoms with Crippen LogP contribution >= 0.6 is 11.6 Å². The van der Waals surface area contributed by atoms with Crippen LogP contribution in [0.1, 0.15) is 20.8 Å². The van der Waals surface area contributed by atoms with Crippen LogP contribution in [-0.4, -0.2) is 38.2 Å². The molecule has 0 radical (unpaired) electrons. The lowest BCUT2D eigenvalue weighted by Gasteiger charge is -2.19. The van der Waals surface area contributed by atoms with E-state index in [9.17, 15) is 13.2 Å². The van der Waals surface area contributed by atoms with E-state index in [4.69, 9.17) is 16.3 Å². The standard InChI is InChI=1S/C16H20ClN3O4S/c1-16(2,3)24-15(21)19-9-10-20-25(22,23)13-6-4-5-12-11(13)7-8-18-14(12)17/h4-8,20H,9-10H2,1-3H3,(H,19,21). The van der Waals surface area contributed by atoms with Crippen molar-refractivity contribution in [2.24, 2.45) is 0 Å². The molecule has 0 atom stereocenters. The number of rotatable bonds is 5. The van der Waals surface area contributed by atoms with Gasteiger partial charge >= 0.3 is 6.09 Å². The quantitative estimate of drug-likeness (QED) is 0.609. The van der Waals surface area contributed by atoms with Crippen molar-refractivity contribution >= 4 is 38.5 Å². The highest BCUT2D eigenvalue weighted by Crippen LogP contribution is 2.26. The molecule has 2 N–H and O–H groups in total. The zero-order valence-corrected chi connectivity index (χ0v) is 15.7. The van der Waals surface area contributed by atoms with E-state index in [1.54, 1.807) is 39.0 Å². The minimum atomic E-state index is -3.77. The second-order valence-electron chi connectivity index (χ2n) is 6.28. The van der Waals surface area contributed by atoms with Gasteiger partial charge in [0.15, 0.2) is 0 Å². The van der Waals surface area contributed by atoms with Crippen molar-refractivity contribution in [2.45, 2.75) is 31.3 Å². The van der Waals surface area contributed by atoms with Gasteiger partial charge in [0, 0.05) is 30.1 Å². The molecule has 0 aliphatic rings. The van der Waals surface area contributed by atoms with Gasteiger partial charge < -0.3 is 10.1 Å². The van der Waals surface area contributed by atoms with Crippen LogP contribution in [0.2, 0.25) is 5.15 Å². The summed E-state index contributed by atoms with van der Waals surface area (Å²) >= 11 is 6.01. The predicted octanol–water partition coefficient (Wildman–Crippen LogP) is 2.69. The monoisotopic (exact) mass is 385 g/mol. The normalized spacial score (nSPS) is 12.2. The van der Waals surface area contributed by atoms with Gasteiger partial charge in [-0.1, -0.05) is 23.7 Å². The summed E-state index contributed by atoms with van der Waals surface area (Å²) in [5, 5.41) is 3.76. The molecule has 0 saturated heterocycles. The first-order valence-electron chi connectivity index (χ1n) is 7.60. The Morgan fingerprint density at radius 3 is 2.60 bits per heavy atom. The van der Waals surface area contributed by atoms with Gasteiger partial charge in [0.25, 0.3) is 0 Å². The molecule has 0 saturated carbocycles. The number of nitrogens with one attached hydrogen (secondary N) is 2. The number of carbonyl (C=O) groups excluding carboxylic acids is 1. The maximum absolute atomic E-state index is 12.5.